The van der Waals surface area contributed by atoms with E-state index in [1.54, 1.807) is 12.1 Å². The summed E-state index contributed by atoms with van der Waals surface area (Å²) in [6.45, 7) is 0. The van der Waals surface area contributed by atoms with Crippen LogP contribution in [0.2, 0.25) is 0 Å². The van der Waals surface area contributed by atoms with Crippen molar-refractivity contribution in [2.24, 2.45) is 0 Å². The van der Waals surface area contributed by atoms with Crippen molar-refractivity contribution in [1.82, 2.24) is 4.98 Å². The lowest BCUT2D eigenvalue weighted by molar-refractivity contribution is -0.116. The summed E-state index contributed by atoms with van der Waals surface area (Å²) in [5.74, 6) is -0.220. The number of aryl methyl sites for hydroxylation is 1. The maximum atomic E-state index is 13.1. The van der Waals surface area contributed by atoms with Gasteiger partial charge in [0.15, 0.2) is 5.13 Å². The fourth-order valence-electron chi connectivity index (χ4n) is 3.12. The number of amides is 1. The molecular formula is C25H20N2O2S. The number of aromatic nitrogens is 1. The van der Waals surface area contributed by atoms with E-state index in [-0.39, 0.29) is 11.7 Å². The minimum absolute atomic E-state index is 0.100. The van der Waals surface area contributed by atoms with Gasteiger partial charge in [0.05, 0.1) is 5.69 Å². The minimum atomic E-state index is -0.120. The number of carbonyl (C=O) groups excluding carboxylic acids is 2. The zero-order valence-electron chi connectivity index (χ0n) is 16.2. The Morgan fingerprint density at radius 1 is 0.800 bits per heavy atom. The van der Waals surface area contributed by atoms with E-state index in [2.05, 4.69) is 10.3 Å². The highest BCUT2D eigenvalue weighted by atomic mass is 32.1. The lowest BCUT2D eigenvalue weighted by Gasteiger charge is -2.02. The fraction of sp³-hybridized carbons (Fsp3) is 0.0800. The molecule has 0 aliphatic heterocycles. The van der Waals surface area contributed by atoms with E-state index >= 15 is 0 Å². The monoisotopic (exact) mass is 412 g/mol. The third-order valence-corrected chi connectivity index (χ3v) is 5.62. The Morgan fingerprint density at radius 2 is 1.40 bits per heavy atom. The lowest BCUT2D eigenvalue weighted by Crippen LogP contribution is -2.12. The first-order valence-corrected chi connectivity index (χ1v) is 10.5. The van der Waals surface area contributed by atoms with E-state index in [1.807, 2.05) is 78.9 Å². The quantitative estimate of drug-likeness (QED) is 0.401. The van der Waals surface area contributed by atoms with E-state index in [0.29, 0.717) is 34.1 Å². The molecule has 4 aromatic rings. The fourth-order valence-corrected chi connectivity index (χ4v) is 4.09. The van der Waals surface area contributed by atoms with Crippen molar-refractivity contribution in [3.63, 3.8) is 0 Å². The van der Waals surface area contributed by atoms with Gasteiger partial charge in [-0.2, -0.15) is 0 Å². The Balaban J connectivity index is 1.57. The highest BCUT2D eigenvalue weighted by Crippen LogP contribution is 2.33. The second-order valence-electron chi connectivity index (χ2n) is 6.79. The highest BCUT2D eigenvalue weighted by Gasteiger charge is 2.21. The molecule has 1 N–H and O–H groups in total. The SMILES string of the molecule is O=C(CCc1ccccc1)Nc1nc(-c2ccccc2)c(C(=O)c2ccccc2)s1. The first-order chi connectivity index (χ1) is 14.7. The Hall–Kier alpha value is -3.57. The maximum Gasteiger partial charge on any atom is 0.226 e. The highest BCUT2D eigenvalue weighted by molar-refractivity contribution is 7.18. The smallest absolute Gasteiger partial charge is 0.226 e. The molecule has 1 aromatic heterocycles. The molecule has 0 bridgehead atoms. The van der Waals surface area contributed by atoms with Gasteiger partial charge in [-0.25, -0.2) is 4.98 Å². The number of carbonyl (C=O) groups is 2. The van der Waals surface area contributed by atoms with Gasteiger partial charge in [-0.1, -0.05) is 102 Å². The van der Waals surface area contributed by atoms with Gasteiger partial charge in [0.25, 0.3) is 0 Å². The standard InChI is InChI=1S/C25H20N2O2S/c28-21(17-16-18-10-4-1-5-11-18)26-25-27-22(19-12-6-2-7-13-19)24(30-25)23(29)20-14-8-3-9-15-20/h1-15H,16-17H2,(H,26,27,28). The summed E-state index contributed by atoms with van der Waals surface area (Å²) in [4.78, 5) is 30.7. The van der Waals surface area contributed by atoms with E-state index in [0.717, 1.165) is 11.1 Å². The van der Waals surface area contributed by atoms with Gasteiger partial charge in [0, 0.05) is 17.5 Å². The number of rotatable bonds is 7. The number of nitrogens with zero attached hydrogens (tertiary/aromatic N) is 1. The largest absolute Gasteiger partial charge is 0.302 e. The molecule has 30 heavy (non-hydrogen) atoms. The number of hydrogen-bond donors (Lipinski definition) is 1. The van der Waals surface area contributed by atoms with Gasteiger partial charge in [-0.15, -0.1) is 0 Å². The molecule has 0 atom stereocenters. The number of hydrogen-bond acceptors (Lipinski definition) is 4. The van der Waals surface area contributed by atoms with Crippen LogP contribution < -0.4 is 5.32 Å². The Bertz CT molecular complexity index is 1140. The van der Waals surface area contributed by atoms with Gasteiger partial charge in [-0.3, -0.25) is 9.59 Å². The van der Waals surface area contributed by atoms with Crippen molar-refractivity contribution >= 4 is 28.2 Å². The van der Waals surface area contributed by atoms with Crippen molar-refractivity contribution in [3.05, 3.63) is 107 Å². The van der Waals surface area contributed by atoms with Crippen LogP contribution in [-0.2, 0) is 11.2 Å². The maximum absolute atomic E-state index is 13.1. The third kappa shape index (κ3) is 4.70. The van der Waals surface area contributed by atoms with Crippen molar-refractivity contribution in [3.8, 4) is 11.3 Å². The molecule has 148 valence electrons. The van der Waals surface area contributed by atoms with E-state index in [1.165, 1.54) is 11.3 Å². The average molecular weight is 413 g/mol. The molecule has 5 heteroatoms. The number of ketones is 1. The first kappa shape index (κ1) is 19.7. The minimum Gasteiger partial charge on any atom is -0.302 e. The average Bonchev–Trinajstić information content (AvgIpc) is 3.22. The van der Waals surface area contributed by atoms with Gasteiger partial charge in [0.1, 0.15) is 4.88 Å². The molecule has 0 spiro atoms. The molecule has 4 rings (SSSR count). The summed E-state index contributed by atoms with van der Waals surface area (Å²) in [6.07, 6.45) is 1.01. The Kier molecular flexibility index (Phi) is 6.11. The molecule has 0 unspecified atom stereocenters. The Labute approximate surface area is 179 Å². The van der Waals surface area contributed by atoms with E-state index in [4.69, 9.17) is 0 Å². The number of thiazole rings is 1. The van der Waals surface area contributed by atoms with Crippen LogP contribution in [0.5, 0.6) is 0 Å². The van der Waals surface area contributed by atoms with Crippen LogP contribution in [0.3, 0.4) is 0 Å². The summed E-state index contributed by atoms with van der Waals surface area (Å²) in [5, 5.41) is 3.30. The predicted molar refractivity (Wildman–Crippen MR) is 121 cm³/mol. The molecule has 0 aliphatic carbocycles. The molecule has 0 fully saturated rings. The molecule has 0 radical (unpaired) electrons. The first-order valence-electron chi connectivity index (χ1n) is 9.70. The summed E-state index contributed by atoms with van der Waals surface area (Å²) >= 11 is 1.21. The van der Waals surface area contributed by atoms with Crippen LogP contribution in [0.25, 0.3) is 11.3 Å². The van der Waals surface area contributed by atoms with Crippen molar-refractivity contribution in [2.45, 2.75) is 12.8 Å². The summed E-state index contributed by atoms with van der Waals surface area (Å²) < 4.78 is 0. The molecule has 3 aromatic carbocycles. The molecule has 0 saturated carbocycles. The normalized spacial score (nSPS) is 10.5. The molecule has 1 heterocycles. The Morgan fingerprint density at radius 3 is 2.07 bits per heavy atom. The lowest BCUT2D eigenvalue weighted by atomic mass is 10.1. The topological polar surface area (TPSA) is 59.1 Å². The number of nitrogens with one attached hydrogen (secondary N) is 1. The van der Waals surface area contributed by atoms with Crippen molar-refractivity contribution < 1.29 is 9.59 Å². The second kappa shape index (κ2) is 9.29. The summed E-state index contributed by atoms with van der Waals surface area (Å²) in [7, 11) is 0. The van der Waals surface area contributed by atoms with Crippen LogP contribution >= 0.6 is 11.3 Å². The zero-order chi connectivity index (χ0) is 20.8. The summed E-state index contributed by atoms with van der Waals surface area (Å²) in [6, 6.07) is 28.6. The molecule has 0 aliphatic rings. The number of anilines is 1. The van der Waals surface area contributed by atoms with E-state index < -0.39 is 0 Å². The van der Waals surface area contributed by atoms with E-state index in [9.17, 15) is 9.59 Å². The van der Waals surface area contributed by atoms with Crippen molar-refractivity contribution in [2.75, 3.05) is 5.32 Å². The summed E-state index contributed by atoms with van der Waals surface area (Å²) in [5.41, 5.74) is 3.14. The van der Waals surface area contributed by atoms with Crippen molar-refractivity contribution in [1.29, 1.82) is 0 Å². The molecule has 0 saturated heterocycles. The predicted octanol–water partition coefficient (Wildman–Crippen LogP) is 5.61. The van der Waals surface area contributed by atoms with Gasteiger partial charge < -0.3 is 5.32 Å². The molecule has 1 amide bonds. The van der Waals surface area contributed by atoms with Gasteiger partial charge >= 0.3 is 0 Å². The van der Waals surface area contributed by atoms with Crippen LogP contribution in [0, 0.1) is 0 Å². The van der Waals surface area contributed by atoms with Crippen LogP contribution in [0.15, 0.2) is 91.0 Å². The van der Waals surface area contributed by atoms with Crippen LogP contribution in [0.4, 0.5) is 5.13 Å². The number of benzene rings is 3. The molecule has 4 nitrogen and oxygen atoms in total. The molecular weight excluding hydrogens is 392 g/mol. The van der Waals surface area contributed by atoms with Crippen LogP contribution in [-0.4, -0.2) is 16.7 Å². The zero-order valence-corrected chi connectivity index (χ0v) is 17.1. The second-order valence-corrected chi connectivity index (χ2v) is 7.79. The third-order valence-electron chi connectivity index (χ3n) is 4.65. The van der Waals surface area contributed by atoms with Crippen LogP contribution in [0.1, 0.15) is 27.2 Å². The van der Waals surface area contributed by atoms with Gasteiger partial charge in [-0.05, 0) is 12.0 Å². The van der Waals surface area contributed by atoms with Gasteiger partial charge in [0.2, 0.25) is 11.7 Å².